The van der Waals surface area contributed by atoms with Crippen molar-refractivity contribution in [2.75, 3.05) is 0 Å². The third-order valence-corrected chi connectivity index (χ3v) is 8.92. The van der Waals surface area contributed by atoms with E-state index in [1.165, 1.54) is 17.4 Å². The average Bonchev–Trinajstić information content (AvgIpc) is 3.28. The van der Waals surface area contributed by atoms with E-state index in [0.717, 1.165) is 22.7 Å². The van der Waals surface area contributed by atoms with Crippen LogP contribution in [-0.2, 0) is 14.8 Å². The van der Waals surface area contributed by atoms with Crippen molar-refractivity contribution in [1.29, 1.82) is 0 Å². The normalized spacial score (nSPS) is 18.6. The maximum absolute atomic E-state index is 13.5. The number of benzene rings is 1. The summed E-state index contributed by atoms with van der Waals surface area (Å²) in [6.45, 7) is 5.37. The number of amides is 1. The lowest BCUT2D eigenvalue weighted by Gasteiger charge is -2.26. The standard InChI is InChI=1S/C25H30N4O5S2/c1-25(2,3)29-36(32,33)21-12-16(17-7-11-22(30)27-13-17)6-10-19(21)20-14-28-23(35-20)15-4-8-18(9-5-15)34-24(26)31/h6-7,10-15,18,29H,4-5,8-9H2,1-3H3,(H2,26,31)(H,27,30). The molecule has 2 aromatic heterocycles. The molecule has 0 aliphatic heterocycles. The number of nitrogens with one attached hydrogen (secondary N) is 2. The van der Waals surface area contributed by atoms with Gasteiger partial charge in [-0.2, -0.15) is 0 Å². The quantitative estimate of drug-likeness (QED) is 0.432. The van der Waals surface area contributed by atoms with Gasteiger partial charge in [-0.05, 0) is 69.7 Å². The molecule has 0 saturated heterocycles. The van der Waals surface area contributed by atoms with Gasteiger partial charge in [0.25, 0.3) is 0 Å². The number of sulfonamides is 1. The number of rotatable bonds is 6. The lowest BCUT2D eigenvalue weighted by atomic mass is 9.88. The minimum Gasteiger partial charge on any atom is -0.446 e. The molecule has 11 heteroatoms. The Morgan fingerprint density at radius 1 is 1.14 bits per heavy atom. The van der Waals surface area contributed by atoms with Gasteiger partial charge in [0, 0.05) is 35.5 Å². The van der Waals surface area contributed by atoms with Crippen LogP contribution in [0.3, 0.4) is 0 Å². The first kappa shape index (κ1) is 26.1. The Bertz CT molecular complexity index is 1390. The van der Waals surface area contributed by atoms with E-state index < -0.39 is 21.7 Å². The smallest absolute Gasteiger partial charge is 0.404 e. The molecular formula is C25H30N4O5S2. The second-order valence-corrected chi connectivity index (χ2v) is 12.7. The van der Waals surface area contributed by atoms with E-state index in [1.807, 2.05) is 6.07 Å². The number of primary amides is 1. The minimum absolute atomic E-state index is 0.148. The number of nitrogens with zero attached hydrogens (tertiary/aromatic N) is 1. The predicted molar refractivity (Wildman–Crippen MR) is 139 cm³/mol. The molecule has 4 N–H and O–H groups in total. The summed E-state index contributed by atoms with van der Waals surface area (Å²) in [6, 6.07) is 8.31. The van der Waals surface area contributed by atoms with Crippen LogP contribution >= 0.6 is 11.3 Å². The summed E-state index contributed by atoms with van der Waals surface area (Å²) in [5.41, 5.74) is 6.17. The lowest BCUT2D eigenvalue weighted by Crippen LogP contribution is -2.40. The van der Waals surface area contributed by atoms with Gasteiger partial charge in [0.15, 0.2) is 0 Å². The van der Waals surface area contributed by atoms with Crippen LogP contribution < -0.4 is 16.0 Å². The molecule has 0 radical (unpaired) electrons. The zero-order valence-corrected chi connectivity index (χ0v) is 22.0. The fourth-order valence-corrected chi connectivity index (χ4v) is 7.23. The monoisotopic (exact) mass is 530 g/mol. The van der Waals surface area contributed by atoms with E-state index in [-0.39, 0.29) is 22.5 Å². The van der Waals surface area contributed by atoms with Gasteiger partial charge in [-0.15, -0.1) is 11.3 Å². The van der Waals surface area contributed by atoms with E-state index in [9.17, 15) is 18.0 Å². The van der Waals surface area contributed by atoms with E-state index >= 15 is 0 Å². The van der Waals surface area contributed by atoms with Crippen LogP contribution in [0, 0.1) is 0 Å². The summed E-state index contributed by atoms with van der Waals surface area (Å²) in [4.78, 5) is 30.7. The van der Waals surface area contributed by atoms with Crippen LogP contribution in [0.1, 0.15) is 57.4 Å². The van der Waals surface area contributed by atoms with Crippen LogP contribution in [0.25, 0.3) is 21.6 Å². The van der Waals surface area contributed by atoms with Gasteiger partial charge in [0.05, 0.1) is 14.8 Å². The van der Waals surface area contributed by atoms with Crippen LogP contribution in [0.2, 0.25) is 0 Å². The molecule has 0 bridgehead atoms. The minimum atomic E-state index is -3.87. The largest absolute Gasteiger partial charge is 0.446 e. The molecule has 0 atom stereocenters. The Balaban J connectivity index is 1.68. The number of hydrogen-bond donors (Lipinski definition) is 3. The fourth-order valence-electron chi connectivity index (χ4n) is 4.37. The molecule has 1 fully saturated rings. The topological polar surface area (TPSA) is 144 Å². The first-order chi connectivity index (χ1) is 16.9. The molecule has 192 valence electrons. The summed E-state index contributed by atoms with van der Waals surface area (Å²) < 4.78 is 34.8. The molecule has 1 aliphatic carbocycles. The molecule has 2 heterocycles. The number of hydrogen-bond acceptors (Lipinski definition) is 7. The number of ether oxygens (including phenoxy) is 1. The van der Waals surface area contributed by atoms with Gasteiger partial charge in [-0.3, -0.25) is 4.79 Å². The summed E-state index contributed by atoms with van der Waals surface area (Å²) in [5.74, 6) is 0.213. The number of carbonyl (C=O) groups excluding carboxylic acids is 1. The second-order valence-electron chi connectivity index (χ2n) is 9.98. The molecule has 1 aliphatic rings. The predicted octanol–water partition coefficient (Wildman–Crippen LogP) is 4.36. The Morgan fingerprint density at radius 2 is 1.83 bits per heavy atom. The van der Waals surface area contributed by atoms with Crippen LogP contribution in [0.15, 0.2) is 52.4 Å². The number of aromatic amines is 1. The van der Waals surface area contributed by atoms with Gasteiger partial charge < -0.3 is 15.5 Å². The molecule has 1 amide bonds. The lowest BCUT2D eigenvalue weighted by molar-refractivity contribution is 0.0787. The van der Waals surface area contributed by atoms with Crippen molar-refractivity contribution in [2.45, 2.75) is 68.9 Å². The summed E-state index contributed by atoms with van der Waals surface area (Å²) in [5, 5.41) is 0.930. The maximum Gasteiger partial charge on any atom is 0.404 e. The maximum atomic E-state index is 13.5. The van der Waals surface area contributed by atoms with Gasteiger partial charge >= 0.3 is 6.09 Å². The molecule has 3 aromatic rings. The molecule has 0 spiro atoms. The van der Waals surface area contributed by atoms with Crippen molar-refractivity contribution in [3.8, 4) is 21.6 Å². The number of aromatic nitrogens is 2. The van der Waals surface area contributed by atoms with Crippen LogP contribution in [0.4, 0.5) is 4.79 Å². The fraction of sp³-hybridized carbons (Fsp3) is 0.400. The first-order valence-electron chi connectivity index (χ1n) is 11.7. The van der Waals surface area contributed by atoms with Crippen molar-refractivity contribution >= 4 is 27.5 Å². The molecular weight excluding hydrogens is 500 g/mol. The SMILES string of the molecule is CC(C)(C)NS(=O)(=O)c1cc(-c2ccc(=O)[nH]c2)ccc1-c1cnc(C2CCC(OC(N)=O)CC2)s1. The summed E-state index contributed by atoms with van der Waals surface area (Å²) in [7, 11) is -3.87. The van der Waals surface area contributed by atoms with Gasteiger partial charge in [0.1, 0.15) is 6.10 Å². The Hall–Kier alpha value is -3.02. The Labute approximate surface area is 214 Å². The van der Waals surface area contributed by atoms with E-state index in [4.69, 9.17) is 10.5 Å². The molecule has 4 rings (SSSR count). The zero-order chi connectivity index (χ0) is 26.1. The van der Waals surface area contributed by atoms with Crippen LogP contribution in [-0.4, -0.2) is 36.1 Å². The summed E-state index contributed by atoms with van der Waals surface area (Å²) >= 11 is 1.48. The molecule has 1 aromatic carbocycles. The first-order valence-corrected chi connectivity index (χ1v) is 14.0. The Kier molecular flexibility index (Phi) is 7.35. The van der Waals surface area contributed by atoms with Crippen molar-refractivity contribution in [1.82, 2.24) is 14.7 Å². The van der Waals surface area contributed by atoms with Gasteiger partial charge in [0.2, 0.25) is 15.6 Å². The van der Waals surface area contributed by atoms with Gasteiger partial charge in [-0.25, -0.2) is 22.9 Å². The summed E-state index contributed by atoms with van der Waals surface area (Å²) in [6.07, 6.45) is 5.42. The average molecular weight is 531 g/mol. The number of pyridine rings is 1. The van der Waals surface area contributed by atoms with E-state index in [1.54, 1.807) is 51.4 Å². The Morgan fingerprint density at radius 3 is 2.44 bits per heavy atom. The van der Waals surface area contributed by atoms with Crippen molar-refractivity contribution in [2.24, 2.45) is 5.73 Å². The van der Waals surface area contributed by atoms with Crippen molar-refractivity contribution in [3.63, 3.8) is 0 Å². The third-order valence-electron chi connectivity index (χ3n) is 5.92. The van der Waals surface area contributed by atoms with Gasteiger partial charge in [-0.1, -0.05) is 12.1 Å². The third kappa shape index (κ3) is 6.21. The number of nitrogens with two attached hydrogens (primary N) is 1. The highest BCUT2D eigenvalue weighted by Crippen LogP contribution is 2.40. The number of thiazole rings is 1. The molecule has 9 nitrogen and oxygen atoms in total. The van der Waals surface area contributed by atoms with E-state index in [0.29, 0.717) is 29.5 Å². The molecule has 36 heavy (non-hydrogen) atoms. The molecule has 1 saturated carbocycles. The highest BCUT2D eigenvalue weighted by molar-refractivity contribution is 7.89. The van der Waals surface area contributed by atoms with E-state index in [2.05, 4.69) is 14.7 Å². The highest BCUT2D eigenvalue weighted by atomic mass is 32.2. The van der Waals surface area contributed by atoms with Crippen molar-refractivity contribution < 1.29 is 17.9 Å². The second kappa shape index (κ2) is 10.2. The zero-order valence-electron chi connectivity index (χ0n) is 20.4. The number of carbonyl (C=O) groups is 1. The van der Waals surface area contributed by atoms with Crippen molar-refractivity contribution in [3.05, 3.63) is 58.1 Å². The number of H-pyrrole nitrogens is 1. The van der Waals surface area contributed by atoms with Crippen LogP contribution in [0.5, 0.6) is 0 Å². The molecule has 0 unspecified atom stereocenters. The highest BCUT2D eigenvalue weighted by Gasteiger charge is 2.29.